The van der Waals surface area contributed by atoms with Gasteiger partial charge in [0, 0.05) is 5.92 Å². The highest BCUT2D eigenvalue weighted by Crippen LogP contribution is 2.53. The molecule has 0 radical (unpaired) electrons. The molecule has 4 aliphatic carbocycles. The number of hydrogen-bond acceptors (Lipinski definition) is 0. The molecule has 0 aliphatic heterocycles. The molecular formula is C140H124. The van der Waals surface area contributed by atoms with Gasteiger partial charge in [-0.25, -0.2) is 0 Å². The van der Waals surface area contributed by atoms with E-state index in [1.54, 1.807) is 5.57 Å². The van der Waals surface area contributed by atoms with E-state index in [0.717, 1.165) is 6.42 Å². The maximum atomic E-state index is 2.46. The zero-order valence-corrected chi connectivity index (χ0v) is 83.7. The Morgan fingerprint density at radius 3 is 1.01 bits per heavy atom. The molecule has 20 aromatic rings. The van der Waals surface area contributed by atoms with Crippen LogP contribution in [0.1, 0.15) is 133 Å². The first-order valence-corrected chi connectivity index (χ1v) is 50.0. The van der Waals surface area contributed by atoms with Gasteiger partial charge in [-0.15, -0.1) is 0 Å². The summed E-state index contributed by atoms with van der Waals surface area (Å²) in [7, 11) is 0. The third kappa shape index (κ3) is 19.2. The van der Waals surface area contributed by atoms with Crippen molar-refractivity contribution in [2.24, 2.45) is 11.3 Å². The predicted octanol–water partition coefficient (Wildman–Crippen LogP) is 39.7. The largest absolute Gasteiger partial charge is 0.0795 e. The van der Waals surface area contributed by atoms with Crippen molar-refractivity contribution in [2.75, 3.05) is 0 Å². The summed E-state index contributed by atoms with van der Waals surface area (Å²) in [5.74, 6) is 0.471. The summed E-state index contributed by atoms with van der Waals surface area (Å²) in [4.78, 5) is 0. The van der Waals surface area contributed by atoms with E-state index >= 15 is 0 Å². The molecule has 0 nitrogen and oxygen atoms in total. The van der Waals surface area contributed by atoms with E-state index in [4.69, 9.17) is 0 Å². The van der Waals surface area contributed by atoms with E-state index in [9.17, 15) is 0 Å². The number of rotatable bonds is 8. The Bertz CT molecular complexity index is 8360. The lowest BCUT2D eigenvalue weighted by atomic mass is 9.64. The molecule has 0 aromatic heterocycles. The number of fused-ring (bicyclic) bond motifs is 8. The van der Waals surface area contributed by atoms with E-state index in [2.05, 4.69) is 565 Å². The lowest BCUT2D eigenvalue weighted by molar-refractivity contribution is 0.504. The first kappa shape index (κ1) is 92.4. The van der Waals surface area contributed by atoms with Crippen LogP contribution in [0, 0.1) is 11.3 Å². The summed E-state index contributed by atoms with van der Waals surface area (Å²) < 4.78 is 0. The van der Waals surface area contributed by atoms with Crippen LogP contribution in [0.4, 0.5) is 0 Å². The molecule has 24 rings (SSSR count). The van der Waals surface area contributed by atoms with Crippen LogP contribution >= 0.6 is 0 Å². The maximum absolute atomic E-state index is 2.46. The standard InChI is InChI=1S/C44H34.C36H30.3C20H20/c1-44(2,3)37-23-20-31(21-24-37)34-22-25-40-41(28-34)43(36-19-17-30-11-5-7-13-33(30)27-36)39-15-9-8-14-38(39)42(40)35-18-16-29-10-4-6-12-32(29)26-35;1-36(2,3)29-21-22-32-33(24-29)35(28-18-12-17-27(23-28)25-13-6-4-7-14-25)31-20-11-10-19-30(31)34(32)26-15-8-5-9-16-26;1-20(2,3)17-12-15-8-4-6-13-10-11-14-7-5-9-16(17)19(14)18(13)15;1-20(2,3)19-12-10-16(11-13-19)18-9-8-15-6-4-5-7-17(15)14-18;1-20(2,3)19-12-11-17-13-16(9-10-18(17)14-19)15-7-5-4-6-8-15/h4-28H,1-3H3;4-24H,1-3H3;4-7,9-12,19H,8H2,1-3H3;2*4-14H,1-3H3. The van der Waals surface area contributed by atoms with Crippen LogP contribution < -0.4 is 0 Å². The molecule has 1 unspecified atom stereocenters. The average molecular weight is 1810 g/mol. The van der Waals surface area contributed by atoms with Crippen molar-refractivity contribution in [1.29, 1.82) is 0 Å². The zero-order valence-electron chi connectivity index (χ0n) is 83.7. The second kappa shape index (κ2) is 38.2. The van der Waals surface area contributed by atoms with E-state index < -0.39 is 0 Å². The van der Waals surface area contributed by atoms with Gasteiger partial charge in [-0.3, -0.25) is 0 Å². The summed E-state index contributed by atoms with van der Waals surface area (Å²) in [5.41, 5.74) is 35.5. The van der Waals surface area contributed by atoms with E-state index in [1.165, 1.54) is 225 Å². The molecule has 684 valence electrons. The number of benzene rings is 20. The van der Waals surface area contributed by atoms with Crippen molar-refractivity contribution in [3.63, 3.8) is 0 Å². The first-order chi connectivity index (χ1) is 67.6. The van der Waals surface area contributed by atoms with Gasteiger partial charge in [0.2, 0.25) is 0 Å². The second-order valence-electron chi connectivity index (χ2n) is 43.5. The summed E-state index contributed by atoms with van der Waals surface area (Å²) in [6.07, 6.45) is 19.5. The molecule has 1 atom stereocenters. The van der Waals surface area contributed by atoms with Gasteiger partial charge in [0.25, 0.3) is 0 Å². The molecule has 0 heteroatoms. The molecule has 0 amide bonds. The zero-order chi connectivity index (χ0) is 96.8. The normalized spacial score (nSPS) is 13.9. The fourth-order valence-electron chi connectivity index (χ4n) is 21.0. The van der Waals surface area contributed by atoms with Crippen LogP contribution in [0.2, 0.25) is 0 Å². The summed E-state index contributed by atoms with van der Waals surface area (Å²) in [6, 6.07) is 151. The molecule has 0 bridgehead atoms. The SMILES string of the molecule is CC(C)(C)C1=C2C=CC=C3C=CC4=C(C(=C1)CC=C4)C32.CC(C)(C)c1ccc(-c2ccc3c(-c4ccc5ccccc5c4)c4ccccc4c(-c4ccc5ccccc5c4)c3c2)cc1.CC(C)(C)c1ccc(-c2ccc3ccccc3c2)cc1.CC(C)(C)c1ccc2c(-c3ccccc3)c3ccccc3c(-c3cccc(-c4ccccc4)c3)c2c1.CC(C)(C)c1ccc2cc(-c3ccccc3)ccc2c1. The Morgan fingerprint density at radius 1 is 0.207 bits per heavy atom. The van der Waals surface area contributed by atoms with Gasteiger partial charge < -0.3 is 0 Å². The van der Waals surface area contributed by atoms with Gasteiger partial charge in [-0.2, -0.15) is 0 Å². The van der Waals surface area contributed by atoms with E-state index in [-0.39, 0.29) is 27.1 Å². The quantitative estimate of drug-likeness (QED) is 0.133. The summed E-state index contributed by atoms with van der Waals surface area (Å²) in [5, 5.41) is 20.6. The van der Waals surface area contributed by atoms with Crippen molar-refractivity contribution in [1.82, 2.24) is 0 Å². The Labute approximate surface area is 829 Å². The lowest BCUT2D eigenvalue weighted by Gasteiger charge is -2.40. The summed E-state index contributed by atoms with van der Waals surface area (Å²) >= 11 is 0. The smallest absolute Gasteiger partial charge is 0.0351 e. The van der Waals surface area contributed by atoms with Crippen molar-refractivity contribution in [3.8, 4) is 89.0 Å². The van der Waals surface area contributed by atoms with Gasteiger partial charge in [0.15, 0.2) is 0 Å². The van der Waals surface area contributed by atoms with Gasteiger partial charge >= 0.3 is 0 Å². The predicted molar refractivity (Wildman–Crippen MR) is 609 cm³/mol. The van der Waals surface area contributed by atoms with Gasteiger partial charge in [0.05, 0.1) is 0 Å². The number of allylic oxidation sites excluding steroid dienone is 14. The molecule has 140 heavy (non-hydrogen) atoms. The Kier molecular flexibility index (Phi) is 25.2. The van der Waals surface area contributed by atoms with Crippen molar-refractivity contribution < 1.29 is 0 Å². The summed E-state index contributed by atoms with van der Waals surface area (Å²) in [6.45, 7) is 34.2. The van der Waals surface area contributed by atoms with Crippen LogP contribution in [-0.2, 0) is 21.7 Å². The fourth-order valence-corrected chi connectivity index (χ4v) is 21.0. The number of hydrogen-bond donors (Lipinski definition) is 0. The van der Waals surface area contributed by atoms with Crippen LogP contribution in [0.25, 0.3) is 175 Å². The van der Waals surface area contributed by atoms with Gasteiger partial charge in [-0.05, 0) is 307 Å². The Morgan fingerprint density at radius 2 is 0.521 bits per heavy atom. The minimum absolute atomic E-state index is 0.0654. The average Bonchev–Trinajstić information content (AvgIpc) is 0.733. The van der Waals surface area contributed by atoms with Crippen molar-refractivity contribution >= 4 is 86.2 Å². The van der Waals surface area contributed by atoms with Crippen molar-refractivity contribution in [3.05, 3.63) is 517 Å². The third-order valence-corrected chi connectivity index (χ3v) is 28.7. The molecule has 0 saturated carbocycles. The molecule has 4 aliphatic rings. The Balaban J connectivity index is 0.000000112. The fraction of sp³-hybridized carbons (Fsp3) is 0.157. The third-order valence-electron chi connectivity index (χ3n) is 28.7. The molecule has 0 saturated heterocycles. The van der Waals surface area contributed by atoms with Gasteiger partial charge in [-0.1, -0.05) is 523 Å². The topological polar surface area (TPSA) is 0 Å². The second-order valence-corrected chi connectivity index (χ2v) is 43.5. The lowest BCUT2D eigenvalue weighted by Crippen LogP contribution is -2.26. The first-order valence-electron chi connectivity index (χ1n) is 50.0. The molecule has 0 heterocycles. The van der Waals surface area contributed by atoms with Gasteiger partial charge in [0.1, 0.15) is 0 Å². The minimum Gasteiger partial charge on any atom is -0.0795 e. The highest BCUT2D eigenvalue weighted by Gasteiger charge is 2.37. The van der Waals surface area contributed by atoms with E-state index in [0.29, 0.717) is 5.92 Å². The highest BCUT2D eigenvalue weighted by atomic mass is 14.4. The van der Waals surface area contributed by atoms with Crippen LogP contribution in [0.15, 0.2) is 495 Å². The van der Waals surface area contributed by atoms with Crippen molar-refractivity contribution in [2.45, 2.75) is 132 Å². The Hall–Kier alpha value is -15.3. The maximum Gasteiger partial charge on any atom is 0.0351 e. The molecule has 0 spiro atoms. The highest BCUT2D eigenvalue weighted by molar-refractivity contribution is 6.24. The molecule has 0 N–H and O–H groups in total. The molecule has 20 aromatic carbocycles. The minimum atomic E-state index is 0.0654. The monoisotopic (exact) mass is 1800 g/mol. The molecular weight excluding hydrogens is 1680 g/mol. The molecule has 0 fully saturated rings. The van der Waals surface area contributed by atoms with E-state index in [1.807, 2.05) is 0 Å². The van der Waals surface area contributed by atoms with Crippen LogP contribution in [0.5, 0.6) is 0 Å². The van der Waals surface area contributed by atoms with Crippen LogP contribution in [0.3, 0.4) is 0 Å². The van der Waals surface area contributed by atoms with Crippen LogP contribution in [-0.4, -0.2) is 0 Å².